The van der Waals surface area contributed by atoms with Crippen LogP contribution in [-0.2, 0) is 20.0 Å². The third-order valence-electron chi connectivity index (χ3n) is 5.75. The minimum absolute atomic E-state index is 0.148. The van der Waals surface area contributed by atoms with E-state index in [9.17, 15) is 16.8 Å². The standard InChI is InChI=1S/C21H27N5O4S3/c1-15(21-23-10-12-31-21)25-33(29,30)20-7-6-19(18-14-22-9-8-17(18)20)24-13-16-5-3-4-11-26(16)32(2,27)28/h6-10,12,14-16,24-25H,3-5,11,13H2,1-2H3. The molecule has 3 aromatic rings. The summed E-state index contributed by atoms with van der Waals surface area (Å²) in [6.45, 7) is 2.71. The number of nitrogens with zero attached hydrogens (tertiary/aromatic N) is 3. The van der Waals surface area contributed by atoms with Gasteiger partial charge in [0.25, 0.3) is 0 Å². The molecule has 0 radical (unpaired) electrons. The van der Waals surface area contributed by atoms with Crippen molar-refractivity contribution in [3.63, 3.8) is 0 Å². The van der Waals surface area contributed by atoms with E-state index in [0.717, 1.165) is 19.3 Å². The van der Waals surface area contributed by atoms with Crippen LogP contribution >= 0.6 is 11.3 Å². The van der Waals surface area contributed by atoms with Crippen LogP contribution < -0.4 is 10.0 Å². The molecule has 0 spiro atoms. The monoisotopic (exact) mass is 509 g/mol. The van der Waals surface area contributed by atoms with E-state index in [2.05, 4.69) is 20.0 Å². The van der Waals surface area contributed by atoms with Crippen LogP contribution in [0.5, 0.6) is 0 Å². The van der Waals surface area contributed by atoms with E-state index in [0.29, 0.717) is 34.6 Å². The average molecular weight is 510 g/mol. The van der Waals surface area contributed by atoms with E-state index in [4.69, 9.17) is 0 Å². The topological polar surface area (TPSA) is 121 Å². The van der Waals surface area contributed by atoms with Gasteiger partial charge in [-0.3, -0.25) is 4.98 Å². The molecule has 33 heavy (non-hydrogen) atoms. The number of aromatic nitrogens is 2. The zero-order valence-corrected chi connectivity index (χ0v) is 20.9. The predicted octanol–water partition coefficient (Wildman–Crippen LogP) is 2.96. The van der Waals surface area contributed by atoms with Crippen molar-refractivity contribution in [1.82, 2.24) is 19.0 Å². The molecule has 12 heteroatoms. The molecule has 2 unspecified atom stereocenters. The highest BCUT2D eigenvalue weighted by Crippen LogP contribution is 2.30. The lowest BCUT2D eigenvalue weighted by molar-refractivity contribution is 0.263. The SMILES string of the molecule is CC(NS(=O)(=O)c1ccc(NCC2CCCCN2S(C)(=O)=O)c2cnccc12)c1nccs1. The van der Waals surface area contributed by atoms with Gasteiger partial charge in [0, 0.05) is 59.6 Å². The van der Waals surface area contributed by atoms with Crippen molar-refractivity contribution >= 4 is 47.8 Å². The summed E-state index contributed by atoms with van der Waals surface area (Å²) < 4.78 is 54.9. The second kappa shape index (κ2) is 9.63. The minimum atomic E-state index is -3.82. The predicted molar refractivity (Wildman–Crippen MR) is 130 cm³/mol. The molecule has 0 bridgehead atoms. The molecule has 0 aliphatic carbocycles. The number of rotatable bonds is 8. The van der Waals surface area contributed by atoms with Crippen LogP contribution in [0, 0.1) is 0 Å². The van der Waals surface area contributed by atoms with Crippen molar-refractivity contribution in [2.45, 2.75) is 43.2 Å². The first-order valence-electron chi connectivity index (χ1n) is 10.7. The number of nitrogens with one attached hydrogen (secondary N) is 2. The number of benzene rings is 1. The molecular formula is C21H27N5O4S3. The maximum absolute atomic E-state index is 13.2. The molecule has 1 aliphatic rings. The van der Waals surface area contributed by atoms with Crippen molar-refractivity contribution in [3.8, 4) is 0 Å². The molecule has 178 valence electrons. The van der Waals surface area contributed by atoms with Crippen LogP contribution in [-0.4, -0.2) is 56.5 Å². The van der Waals surface area contributed by atoms with E-state index >= 15 is 0 Å². The lowest BCUT2D eigenvalue weighted by atomic mass is 10.0. The highest BCUT2D eigenvalue weighted by molar-refractivity contribution is 7.89. The number of thiazole rings is 1. The average Bonchev–Trinajstić information content (AvgIpc) is 3.32. The third-order valence-corrected chi connectivity index (χ3v) is 9.64. The second-order valence-electron chi connectivity index (χ2n) is 8.15. The van der Waals surface area contributed by atoms with Crippen molar-refractivity contribution in [3.05, 3.63) is 47.2 Å². The maximum Gasteiger partial charge on any atom is 0.241 e. The van der Waals surface area contributed by atoms with Crippen molar-refractivity contribution in [2.75, 3.05) is 24.7 Å². The molecule has 2 atom stereocenters. The molecule has 0 amide bonds. The van der Waals surface area contributed by atoms with E-state index in [1.54, 1.807) is 53.4 Å². The number of sulfonamides is 2. The van der Waals surface area contributed by atoms with Gasteiger partial charge < -0.3 is 5.32 Å². The second-order valence-corrected chi connectivity index (χ2v) is 12.7. The zero-order chi connectivity index (χ0) is 23.6. The fourth-order valence-corrected chi connectivity index (χ4v) is 7.51. The summed E-state index contributed by atoms with van der Waals surface area (Å²) in [7, 11) is -7.11. The Balaban J connectivity index is 1.60. The first-order chi connectivity index (χ1) is 15.7. The molecule has 1 fully saturated rings. The van der Waals surface area contributed by atoms with Gasteiger partial charge in [0.1, 0.15) is 5.01 Å². The third kappa shape index (κ3) is 5.35. The molecule has 3 heterocycles. The highest BCUT2D eigenvalue weighted by atomic mass is 32.2. The number of piperidine rings is 1. The van der Waals surface area contributed by atoms with Crippen molar-refractivity contribution in [1.29, 1.82) is 0 Å². The van der Waals surface area contributed by atoms with Gasteiger partial charge in [-0.2, -0.15) is 4.31 Å². The van der Waals surface area contributed by atoms with Crippen LogP contribution in [0.15, 0.2) is 47.1 Å². The summed E-state index contributed by atoms with van der Waals surface area (Å²) in [6, 6.07) is 4.34. The van der Waals surface area contributed by atoms with Crippen LogP contribution in [0.3, 0.4) is 0 Å². The van der Waals surface area contributed by atoms with Crippen LogP contribution in [0.25, 0.3) is 10.8 Å². The summed E-state index contributed by atoms with van der Waals surface area (Å²) in [4.78, 5) is 8.52. The summed E-state index contributed by atoms with van der Waals surface area (Å²) in [6.07, 6.45) is 8.67. The number of anilines is 1. The quantitative estimate of drug-likeness (QED) is 0.479. The Labute approximate surface area is 198 Å². The van der Waals surface area contributed by atoms with Gasteiger partial charge >= 0.3 is 0 Å². The first-order valence-corrected chi connectivity index (χ1v) is 14.9. The molecule has 1 aromatic carbocycles. The zero-order valence-electron chi connectivity index (χ0n) is 18.4. The summed E-state index contributed by atoms with van der Waals surface area (Å²) in [5.41, 5.74) is 0.712. The van der Waals surface area contributed by atoms with E-state index < -0.39 is 26.1 Å². The van der Waals surface area contributed by atoms with Gasteiger partial charge in [-0.1, -0.05) is 6.42 Å². The Kier molecular flexibility index (Phi) is 7.01. The van der Waals surface area contributed by atoms with Gasteiger partial charge in [0.2, 0.25) is 20.0 Å². The summed E-state index contributed by atoms with van der Waals surface area (Å²) >= 11 is 1.39. The van der Waals surface area contributed by atoms with Crippen molar-refractivity contribution < 1.29 is 16.8 Å². The van der Waals surface area contributed by atoms with Gasteiger partial charge in [0.05, 0.1) is 17.2 Å². The molecule has 1 aliphatic heterocycles. The summed E-state index contributed by atoms with van der Waals surface area (Å²) in [5.74, 6) is 0. The molecule has 2 N–H and O–H groups in total. The Bertz CT molecular complexity index is 1330. The Morgan fingerprint density at radius 3 is 2.70 bits per heavy atom. The number of hydrogen-bond acceptors (Lipinski definition) is 8. The largest absolute Gasteiger partial charge is 0.383 e. The van der Waals surface area contributed by atoms with E-state index in [1.807, 2.05) is 0 Å². The van der Waals surface area contributed by atoms with Gasteiger partial charge in [-0.25, -0.2) is 26.5 Å². The molecule has 9 nitrogen and oxygen atoms in total. The normalized spacial score (nSPS) is 18.9. The molecule has 0 saturated carbocycles. The lowest BCUT2D eigenvalue weighted by Gasteiger charge is -2.34. The summed E-state index contributed by atoms with van der Waals surface area (Å²) in [5, 5.41) is 7.02. The molecule has 4 rings (SSSR count). The Hall–Kier alpha value is -2.12. The van der Waals surface area contributed by atoms with Gasteiger partial charge in [0.15, 0.2) is 0 Å². The number of pyridine rings is 1. The number of fused-ring (bicyclic) bond motifs is 1. The van der Waals surface area contributed by atoms with Gasteiger partial charge in [-0.15, -0.1) is 11.3 Å². The number of hydrogen-bond donors (Lipinski definition) is 2. The first kappa shape index (κ1) is 24.0. The van der Waals surface area contributed by atoms with Crippen molar-refractivity contribution in [2.24, 2.45) is 0 Å². The molecule has 2 aromatic heterocycles. The lowest BCUT2D eigenvalue weighted by Crippen LogP contribution is -2.46. The molecular weight excluding hydrogens is 482 g/mol. The Morgan fingerprint density at radius 2 is 1.97 bits per heavy atom. The minimum Gasteiger partial charge on any atom is -0.383 e. The van der Waals surface area contributed by atoms with E-state index in [1.165, 1.54) is 17.6 Å². The van der Waals surface area contributed by atoms with Crippen LogP contribution in [0.2, 0.25) is 0 Å². The van der Waals surface area contributed by atoms with Gasteiger partial charge in [-0.05, 0) is 38.0 Å². The van der Waals surface area contributed by atoms with Crippen LogP contribution in [0.1, 0.15) is 37.2 Å². The fraction of sp³-hybridized carbons (Fsp3) is 0.429. The fourth-order valence-electron chi connectivity index (χ4n) is 4.19. The smallest absolute Gasteiger partial charge is 0.241 e. The van der Waals surface area contributed by atoms with Crippen LogP contribution in [0.4, 0.5) is 5.69 Å². The highest BCUT2D eigenvalue weighted by Gasteiger charge is 2.29. The molecule has 1 saturated heterocycles. The van der Waals surface area contributed by atoms with E-state index in [-0.39, 0.29) is 10.9 Å². The maximum atomic E-state index is 13.2. The Morgan fingerprint density at radius 1 is 1.15 bits per heavy atom.